The van der Waals surface area contributed by atoms with Crippen molar-refractivity contribution < 1.29 is 9.90 Å². The van der Waals surface area contributed by atoms with Gasteiger partial charge in [-0.1, -0.05) is 25.1 Å². The minimum absolute atomic E-state index is 0.0618. The highest BCUT2D eigenvalue weighted by Gasteiger charge is 2.29. The average Bonchev–Trinajstić information content (AvgIpc) is 3.49. The zero-order valence-corrected chi connectivity index (χ0v) is 24.7. The van der Waals surface area contributed by atoms with Crippen LogP contribution in [0.15, 0.2) is 60.8 Å². The molecule has 216 valence electrons. The van der Waals surface area contributed by atoms with Gasteiger partial charge in [-0.3, -0.25) is 14.8 Å². The van der Waals surface area contributed by atoms with Crippen molar-refractivity contribution in [3.63, 3.8) is 0 Å². The van der Waals surface area contributed by atoms with Gasteiger partial charge < -0.3 is 10.4 Å². The number of aromatic amines is 1. The molecule has 42 heavy (non-hydrogen) atoms. The largest absolute Gasteiger partial charge is 0.508 e. The number of Topliss-reactive ketones (excluding diaryl/α,β-unsaturated/α-hetero) is 1. The molecule has 0 saturated carbocycles. The highest BCUT2D eigenvalue weighted by molar-refractivity contribution is 6.08. The Morgan fingerprint density at radius 1 is 1.12 bits per heavy atom. The van der Waals surface area contributed by atoms with Crippen molar-refractivity contribution in [3.05, 3.63) is 88.6 Å². The second-order valence-corrected chi connectivity index (χ2v) is 11.6. The van der Waals surface area contributed by atoms with Crippen molar-refractivity contribution in [2.75, 3.05) is 26.7 Å². The molecular formula is C35H39N5O2. The van der Waals surface area contributed by atoms with E-state index in [0.717, 1.165) is 83.2 Å². The number of aryl methyl sites for hydroxylation is 2. The number of aromatic nitrogens is 3. The van der Waals surface area contributed by atoms with E-state index >= 15 is 0 Å². The minimum atomic E-state index is -0.0618. The van der Waals surface area contributed by atoms with E-state index in [4.69, 9.17) is 4.98 Å². The summed E-state index contributed by atoms with van der Waals surface area (Å²) in [4.78, 5) is 21.3. The van der Waals surface area contributed by atoms with E-state index < -0.39 is 0 Å². The summed E-state index contributed by atoms with van der Waals surface area (Å²) in [6.45, 7) is 8.26. The molecule has 0 aliphatic heterocycles. The number of hydrogen-bond donors (Lipinski definition) is 3. The summed E-state index contributed by atoms with van der Waals surface area (Å²) >= 11 is 0. The van der Waals surface area contributed by atoms with Crippen LogP contribution >= 0.6 is 0 Å². The molecule has 0 spiro atoms. The van der Waals surface area contributed by atoms with E-state index in [9.17, 15) is 9.90 Å². The van der Waals surface area contributed by atoms with Gasteiger partial charge in [0.2, 0.25) is 0 Å². The number of benzene rings is 3. The second-order valence-electron chi connectivity index (χ2n) is 11.6. The molecule has 0 saturated heterocycles. The van der Waals surface area contributed by atoms with E-state index in [1.807, 2.05) is 37.5 Å². The van der Waals surface area contributed by atoms with E-state index in [-0.39, 0.29) is 17.5 Å². The second kappa shape index (κ2) is 12.0. The molecular weight excluding hydrogens is 522 g/mol. The van der Waals surface area contributed by atoms with Gasteiger partial charge in [-0.2, -0.15) is 5.10 Å². The fourth-order valence-electron chi connectivity index (χ4n) is 6.44. The van der Waals surface area contributed by atoms with E-state index in [2.05, 4.69) is 52.5 Å². The highest BCUT2D eigenvalue weighted by atomic mass is 16.3. The number of carbonyl (C=O) groups is 1. The van der Waals surface area contributed by atoms with Gasteiger partial charge in [0.1, 0.15) is 11.5 Å². The van der Waals surface area contributed by atoms with Crippen molar-refractivity contribution in [1.29, 1.82) is 0 Å². The lowest BCUT2D eigenvalue weighted by Gasteiger charge is -2.27. The van der Waals surface area contributed by atoms with Gasteiger partial charge >= 0.3 is 0 Å². The molecule has 1 aliphatic rings. The van der Waals surface area contributed by atoms with Crippen LogP contribution in [0.2, 0.25) is 0 Å². The number of nitrogens with one attached hydrogen (secondary N) is 2. The normalized spacial score (nSPS) is 15.0. The van der Waals surface area contributed by atoms with Crippen molar-refractivity contribution >= 4 is 27.6 Å². The van der Waals surface area contributed by atoms with Crippen LogP contribution in [0.4, 0.5) is 0 Å². The van der Waals surface area contributed by atoms with Crippen molar-refractivity contribution in [1.82, 2.24) is 25.4 Å². The molecule has 1 unspecified atom stereocenters. The number of carbonyl (C=O) groups excluding carboxylic acids is 1. The molecule has 0 radical (unpaired) electrons. The molecule has 3 aromatic carbocycles. The monoisotopic (exact) mass is 561 g/mol. The van der Waals surface area contributed by atoms with Crippen molar-refractivity contribution in [3.8, 4) is 17.0 Å². The summed E-state index contributed by atoms with van der Waals surface area (Å²) in [5, 5.41) is 22.7. The van der Waals surface area contributed by atoms with Gasteiger partial charge in [-0.15, -0.1) is 0 Å². The van der Waals surface area contributed by atoms with Crippen LogP contribution in [-0.4, -0.2) is 57.7 Å². The Morgan fingerprint density at radius 3 is 2.71 bits per heavy atom. The number of aromatic hydroxyl groups is 1. The van der Waals surface area contributed by atoms with Gasteiger partial charge in [0, 0.05) is 48.3 Å². The number of pyridine rings is 1. The van der Waals surface area contributed by atoms with Gasteiger partial charge in [0.25, 0.3) is 0 Å². The zero-order valence-electron chi connectivity index (χ0n) is 24.7. The number of H-pyrrole nitrogens is 1. The lowest BCUT2D eigenvalue weighted by atomic mass is 9.77. The maximum absolute atomic E-state index is 13.8. The fourth-order valence-corrected chi connectivity index (χ4v) is 6.44. The van der Waals surface area contributed by atoms with Crippen molar-refractivity contribution in [2.24, 2.45) is 5.92 Å². The van der Waals surface area contributed by atoms with Crippen LogP contribution in [0.25, 0.3) is 33.1 Å². The number of ketones is 1. The Balaban J connectivity index is 1.28. The van der Waals surface area contributed by atoms with Gasteiger partial charge in [-0.05, 0) is 104 Å². The van der Waals surface area contributed by atoms with Crippen LogP contribution in [0, 0.1) is 12.8 Å². The predicted octanol–water partition coefficient (Wildman–Crippen LogP) is 5.75. The van der Waals surface area contributed by atoms with E-state index in [0.29, 0.717) is 12.8 Å². The Bertz CT molecular complexity index is 1740. The third-order valence-corrected chi connectivity index (χ3v) is 8.88. The van der Waals surface area contributed by atoms with E-state index in [1.165, 1.54) is 16.7 Å². The summed E-state index contributed by atoms with van der Waals surface area (Å²) in [7, 11) is 1.99. The molecule has 5 aromatic rings. The number of rotatable bonds is 10. The topological polar surface area (TPSA) is 94.1 Å². The first-order valence-corrected chi connectivity index (χ1v) is 15.0. The molecule has 1 aliphatic carbocycles. The summed E-state index contributed by atoms with van der Waals surface area (Å²) in [5.74, 6) is 0.451. The SMILES string of the molecule is CCN(CCNC)Cc1ccc(CC(=O)C2CCc3c(c(-c4ccc(O)cc4)nc4ccc5[nH]ncc5c34)C2)cc1C. The fraction of sp³-hybridized carbons (Fsp3) is 0.343. The van der Waals surface area contributed by atoms with Crippen LogP contribution in [0.5, 0.6) is 5.75 Å². The maximum Gasteiger partial charge on any atom is 0.140 e. The number of phenols is 1. The Morgan fingerprint density at radius 2 is 1.95 bits per heavy atom. The first-order chi connectivity index (χ1) is 20.4. The van der Waals surface area contributed by atoms with Crippen LogP contribution in [0.1, 0.15) is 41.2 Å². The number of hydrogen-bond acceptors (Lipinski definition) is 6. The van der Waals surface area contributed by atoms with Gasteiger partial charge in [0.15, 0.2) is 0 Å². The molecule has 6 rings (SSSR count). The zero-order chi connectivity index (χ0) is 29.2. The molecule has 0 bridgehead atoms. The summed E-state index contributed by atoms with van der Waals surface area (Å²) in [5.41, 5.74) is 9.82. The first-order valence-electron chi connectivity index (χ1n) is 15.0. The standard InChI is InChI=1S/C35H39N5O2/c1-4-40(16-15-36-3)21-26-6-5-23(17-22(26)2)18-33(42)25-9-12-28-29(19-25)35(24-7-10-27(41)11-8-24)38-32-14-13-31-30(34(28)32)20-37-39-31/h5-8,10-11,13-14,17,20,25,36,41H,4,9,12,15-16,18-19,21H2,1-3H3,(H,37,39). The Hall–Kier alpha value is -4.07. The van der Waals surface area contributed by atoms with Crippen LogP contribution in [-0.2, 0) is 30.6 Å². The molecule has 2 aromatic heterocycles. The molecule has 7 nitrogen and oxygen atoms in total. The third kappa shape index (κ3) is 5.54. The quantitative estimate of drug-likeness (QED) is 0.201. The third-order valence-electron chi connectivity index (χ3n) is 8.88. The molecule has 1 atom stereocenters. The molecule has 2 heterocycles. The molecule has 3 N–H and O–H groups in total. The number of nitrogens with zero attached hydrogens (tertiary/aromatic N) is 3. The smallest absolute Gasteiger partial charge is 0.140 e. The van der Waals surface area contributed by atoms with Crippen LogP contribution in [0.3, 0.4) is 0 Å². The Labute approximate surface area is 247 Å². The van der Waals surface area contributed by atoms with Crippen LogP contribution < -0.4 is 5.32 Å². The number of fused-ring (bicyclic) bond motifs is 5. The van der Waals surface area contributed by atoms with Gasteiger partial charge in [-0.25, -0.2) is 4.98 Å². The summed E-state index contributed by atoms with van der Waals surface area (Å²) in [6.07, 6.45) is 4.62. The molecule has 0 amide bonds. The lowest BCUT2D eigenvalue weighted by molar-refractivity contribution is -0.122. The number of likely N-dealkylation sites (N-methyl/N-ethyl adjacent to an activating group) is 2. The molecule has 7 heteroatoms. The van der Waals surface area contributed by atoms with Crippen molar-refractivity contribution in [2.45, 2.75) is 46.1 Å². The maximum atomic E-state index is 13.8. The number of phenolic OH excluding ortho intramolecular Hbond substituents is 1. The minimum Gasteiger partial charge on any atom is -0.508 e. The first kappa shape index (κ1) is 28.1. The predicted molar refractivity (Wildman–Crippen MR) is 169 cm³/mol. The lowest BCUT2D eigenvalue weighted by Crippen LogP contribution is -2.30. The highest BCUT2D eigenvalue weighted by Crippen LogP contribution is 2.40. The summed E-state index contributed by atoms with van der Waals surface area (Å²) in [6, 6.07) is 17.8. The van der Waals surface area contributed by atoms with E-state index in [1.54, 1.807) is 12.1 Å². The van der Waals surface area contributed by atoms with Gasteiger partial charge in [0.05, 0.1) is 22.9 Å². The average molecular weight is 562 g/mol. The summed E-state index contributed by atoms with van der Waals surface area (Å²) < 4.78 is 0. The molecule has 0 fully saturated rings. The Kier molecular flexibility index (Phi) is 8.05.